The van der Waals surface area contributed by atoms with E-state index in [-0.39, 0.29) is 0 Å². The van der Waals surface area contributed by atoms with Crippen molar-refractivity contribution in [3.05, 3.63) is 71.3 Å². The number of hydrogen-bond donors (Lipinski definition) is 1. The Balaban J connectivity index is 2.12. The zero-order valence-electron chi connectivity index (χ0n) is 12.8. The van der Waals surface area contributed by atoms with Gasteiger partial charge in [-0.3, -0.25) is 0 Å². The first-order valence-corrected chi connectivity index (χ1v) is 7.54. The van der Waals surface area contributed by atoms with Gasteiger partial charge in [-0.15, -0.1) is 0 Å². The number of hydrogen-bond acceptors (Lipinski definition) is 1. The molecule has 0 aliphatic rings. The standard InChI is InChI=1S/C19H25N/c1-4-20-19(14-17-12-10-15(2)11-13-17)16(3)18-8-6-5-7-9-18/h5-13,16,19-20H,4,14H2,1-3H3. The van der Waals surface area contributed by atoms with Crippen LogP contribution in [-0.4, -0.2) is 12.6 Å². The molecule has 0 aliphatic heterocycles. The van der Waals surface area contributed by atoms with E-state index in [4.69, 9.17) is 0 Å². The van der Waals surface area contributed by atoms with Gasteiger partial charge in [0.1, 0.15) is 0 Å². The largest absolute Gasteiger partial charge is 0.313 e. The molecule has 2 aromatic rings. The van der Waals surface area contributed by atoms with E-state index in [1.54, 1.807) is 0 Å². The van der Waals surface area contributed by atoms with Crippen molar-refractivity contribution >= 4 is 0 Å². The molecule has 0 spiro atoms. The van der Waals surface area contributed by atoms with Gasteiger partial charge in [0.25, 0.3) is 0 Å². The Hall–Kier alpha value is -1.60. The van der Waals surface area contributed by atoms with Crippen LogP contribution in [0.3, 0.4) is 0 Å². The Bertz CT molecular complexity index is 501. The lowest BCUT2D eigenvalue weighted by molar-refractivity contribution is 0.458. The molecular weight excluding hydrogens is 242 g/mol. The van der Waals surface area contributed by atoms with Crippen molar-refractivity contribution < 1.29 is 0 Å². The van der Waals surface area contributed by atoms with Crippen molar-refractivity contribution in [3.63, 3.8) is 0 Å². The fourth-order valence-electron chi connectivity index (χ4n) is 2.65. The van der Waals surface area contributed by atoms with Crippen LogP contribution >= 0.6 is 0 Å². The fraction of sp³-hybridized carbons (Fsp3) is 0.368. The molecule has 0 aliphatic carbocycles. The summed E-state index contributed by atoms with van der Waals surface area (Å²) in [5, 5.41) is 3.64. The molecule has 0 radical (unpaired) electrons. The van der Waals surface area contributed by atoms with Gasteiger partial charge < -0.3 is 5.32 Å². The van der Waals surface area contributed by atoms with Crippen LogP contribution in [0.15, 0.2) is 54.6 Å². The second-order valence-corrected chi connectivity index (χ2v) is 5.55. The molecule has 2 atom stereocenters. The summed E-state index contributed by atoms with van der Waals surface area (Å²) in [4.78, 5) is 0. The van der Waals surface area contributed by atoms with E-state index in [0.717, 1.165) is 13.0 Å². The highest BCUT2D eigenvalue weighted by Gasteiger charge is 2.18. The minimum absolute atomic E-state index is 0.477. The third-order valence-electron chi connectivity index (χ3n) is 3.97. The molecule has 106 valence electrons. The van der Waals surface area contributed by atoms with Crippen LogP contribution in [-0.2, 0) is 6.42 Å². The second kappa shape index (κ2) is 7.25. The molecule has 0 bridgehead atoms. The Labute approximate surface area is 123 Å². The monoisotopic (exact) mass is 267 g/mol. The van der Waals surface area contributed by atoms with Gasteiger partial charge in [-0.1, -0.05) is 74.0 Å². The molecule has 0 amide bonds. The first-order valence-electron chi connectivity index (χ1n) is 7.54. The zero-order valence-corrected chi connectivity index (χ0v) is 12.8. The quantitative estimate of drug-likeness (QED) is 0.822. The van der Waals surface area contributed by atoms with E-state index in [1.165, 1.54) is 16.7 Å². The minimum Gasteiger partial charge on any atom is -0.313 e. The van der Waals surface area contributed by atoms with Crippen molar-refractivity contribution in [2.75, 3.05) is 6.54 Å². The average Bonchev–Trinajstić information content (AvgIpc) is 2.49. The van der Waals surface area contributed by atoms with Crippen molar-refractivity contribution in [1.29, 1.82) is 0 Å². The maximum atomic E-state index is 3.64. The third kappa shape index (κ3) is 3.94. The minimum atomic E-state index is 0.477. The Morgan fingerprint density at radius 2 is 1.60 bits per heavy atom. The summed E-state index contributed by atoms with van der Waals surface area (Å²) in [6, 6.07) is 20.2. The molecule has 1 heteroatoms. The Morgan fingerprint density at radius 1 is 0.950 bits per heavy atom. The van der Waals surface area contributed by atoms with Crippen LogP contribution in [0.5, 0.6) is 0 Å². The van der Waals surface area contributed by atoms with E-state index in [2.05, 4.69) is 80.7 Å². The Kier molecular flexibility index (Phi) is 5.37. The summed E-state index contributed by atoms with van der Waals surface area (Å²) in [5.41, 5.74) is 4.14. The molecular formula is C19H25N. The third-order valence-corrected chi connectivity index (χ3v) is 3.97. The first-order chi connectivity index (χ1) is 9.70. The van der Waals surface area contributed by atoms with Crippen LogP contribution in [0.25, 0.3) is 0 Å². The summed E-state index contributed by atoms with van der Waals surface area (Å²) in [7, 11) is 0. The molecule has 1 N–H and O–H groups in total. The average molecular weight is 267 g/mol. The number of aryl methyl sites for hydroxylation is 1. The molecule has 0 saturated carbocycles. The van der Waals surface area contributed by atoms with Gasteiger partial charge in [-0.25, -0.2) is 0 Å². The van der Waals surface area contributed by atoms with Gasteiger partial charge in [0, 0.05) is 6.04 Å². The number of nitrogens with one attached hydrogen (secondary N) is 1. The molecule has 0 fully saturated rings. The lowest BCUT2D eigenvalue weighted by Crippen LogP contribution is -2.35. The maximum absolute atomic E-state index is 3.64. The summed E-state index contributed by atoms with van der Waals surface area (Å²) in [6.45, 7) is 7.64. The number of rotatable bonds is 6. The summed E-state index contributed by atoms with van der Waals surface area (Å²) < 4.78 is 0. The van der Waals surface area contributed by atoms with E-state index < -0.39 is 0 Å². The number of likely N-dealkylation sites (N-methyl/N-ethyl adjacent to an activating group) is 1. The predicted octanol–water partition coefficient (Wildman–Crippen LogP) is 4.32. The van der Waals surface area contributed by atoms with Crippen LogP contribution in [0.2, 0.25) is 0 Å². The topological polar surface area (TPSA) is 12.0 Å². The molecule has 0 saturated heterocycles. The fourth-order valence-corrected chi connectivity index (χ4v) is 2.65. The van der Waals surface area contributed by atoms with Gasteiger partial charge in [0.05, 0.1) is 0 Å². The SMILES string of the molecule is CCNC(Cc1ccc(C)cc1)C(C)c1ccccc1. The zero-order chi connectivity index (χ0) is 14.4. The maximum Gasteiger partial charge on any atom is 0.0173 e. The predicted molar refractivity (Wildman–Crippen MR) is 87.2 cm³/mol. The smallest absolute Gasteiger partial charge is 0.0173 e. The number of benzene rings is 2. The highest BCUT2D eigenvalue weighted by molar-refractivity contribution is 5.25. The lowest BCUT2D eigenvalue weighted by atomic mass is 9.89. The van der Waals surface area contributed by atoms with Gasteiger partial charge in [-0.05, 0) is 36.9 Å². The Morgan fingerprint density at radius 3 is 2.20 bits per heavy atom. The highest BCUT2D eigenvalue weighted by atomic mass is 14.9. The van der Waals surface area contributed by atoms with Gasteiger partial charge >= 0.3 is 0 Å². The summed E-state index contributed by atoms with van der Waals surface area (Å²) in [5.74, 6) is 0.512. The molecule has 0 heterocycles. The van der Waals surface area contributed by atoms with Crippen LogP contribution < -0.4 is 5.32 Å². The molecule has 2 aromatic carbocycles. The van der Waals surface area contributed by atoms with Crippen molar-refractivity contribution in [1.82, 2.24) is 5.32 Å². The van der Waals surface area contributed by atoms with Gasteiger partial charge in [-0.2, -0.15) is 0 Å². The molecule has 1 nitrogen and oxygen atoms in total. The van der Waals surface area contributed by atoms with Crippen LogP contribution in [0.1, 0.15) is 36.5 Å². The van der Waals surface area contributed by atoms with E-state index in [0.29, 0.717) is 12.0 Å². The van der Waals surface area contributed by atoms with Crippen LogP contribution in [0.4, 0.5) is 0 Å². The van der Waals surface area contributed by atoms with E-state index in [9.17, 15) is 0 Å². The van der Waals surface area contributed by atoms with E-state index in [1.807, 2.05) is 0 Å². The normalized spacial score (nSPS) is 13.9. The van der Waals surface area contributed by atoms with Crippen LogP contribution in [0, 0.1) is 6.92 Å². The summed E-state index contributed by atoms with van der Waals surface area (Å²) in [6.07, 6.45) is 1.07. The molecule has 2 rings (SSSR count). The van der Waals surface area contributed by atoms with Gasteiger partial charge in [0.2, 0.25) is 0 Å². The van der Waals surface area contributed by atoms with E-state index >= 15 is 0 Å². The second-order valence-electron chi connectivity index (χ2n) is 5.55. The van der Waals surface area contributed by atoms with Crippen molar-refractivity contribution in [2.45, 2.75) is 39.2 Å². The first kappa shape index (κ1) is 14.8. The molecule has 2 unspecified atom stereocenters. The molecule has 0 aromatic heterocycles. The highest BCUT2D eigenvalue weighted by Crippen LogP contribution is 2.22. The van der Waals surface area contributed by atoms with Gasteiger partial charge in [0.15, 0.2) is 0 Å². The van der Waals surface area contributed by atoms with Crippen molar-refractivity contribution in [2.24, 2.45) is 0 Å². The lowest BCUT2D eigenvalue weighted by Gasteiger charge is -2.25. The molecule has 20 heavy (non-hydrogen) atoms. The summed E-state index contributed by atoms with van der Waals surface area (Å²) >= 11 is 0. The van der Waals surface area contributed by atoms with Crippen molar-refractivity contribution in [3.8, 4) is 0 Å².